The first-order chi connectivity index (χ1) is 13.4. The van der Waals surface area contributed by atoms with Gasteiger partial charge in [-0.3, -0.25) is 9.59 Å². The van der Waals surface area contributed by atoms with E-state index in [1.165, 1.54) is 0 Å². The van der Waals surface area contributed by atoms with Crippen molar-refractivity contribution < 1.29 is 38.9 Å². The summed E-state index contributed by atoms with van der Waals surface area (Å²) in [6, 6.07) is -3.96. The largest absolute Gasteiger partial charge is 0.480 e. The van der Waals surface area contributed by atoms with E-state index >= 15 is 0 Å². The molecule has 0 aromatic carbocycles. The van der Waals surface area contributed by atoms with Gasteiger partial charge in [0.05, 0.1) is 6.61 Å². The third-order valence-electron chi connectivity index (χ3n) is 3.35. The molecule has 0 aromatic heterocycles. The summed E-state index contributed by atoms with van der Waals surface area (Å²) in [5.74, 6) is -2.87. The Morgan fingerprint density at radius 1 is 0.931 bits per heavy atom. The van der Waals surface area contributed by atoms with Crippen molar-refractivity contribution >= 4 is 35.6 Å². The Labute approximate surface area is 173 Å². The van der Waals surface area contributed by atoms with Gasteiger partial charge in [0.15, 0.2) is 0 Å². The van der Waals surface area contributed by atoms with Crippen molar-refractivity contribution in [1.29, 1.82) is 0 Å². The zero-order chi connectivity index (χ0) is 23.1. The van der Waals surface area contributed by atoms with Crippen LogP contribution in [0, 0.1) is 5.92 Å². The Hall–Kier alpha value is -1.77. The smallest absolute Gasteiger partial charge is 0.330 e. The van der Waals surface area contributed by atoms with Crippen LogP contribution in [0.2, 0.25) is 0 Å². The predicted octanol–water partition coefficient (Wildman–Crippen LogP) is -2.62. The lowest BCUT2D eigenvalue weighted by atomic mass is 10.1. The number of rotatable bonds is 11. The summed E-state index contributed by atoms with van der Waals surface area (Å²) in [5, 5.41) is 16.7. The van der Waals surface area contributed by atoms with Crippen LogP contribution in [0.4, 0.5) is 0 Å². The van der Waals surface area contributed by atoms with E-state index in [1.807, 2.05) is 6.26 Å². The standard InChI is InChI=1S/C10H20N2O3S.C6H12N2O5/c1-6(2)8(12)10(14)15-9(13)7(11)4-5-16-3;7-3(1-9)6(12)13-2-4(8)5(10)11/h6-8H,4-5,11-12H2,1-3H3;3-4,9H,1-2,7-8H2,(H,10,11)/t7-,8-;3-,4-/m00/s1. The summed E-state index contributed by atoms with van der Waals surface area (Å²) in [4.78, 5) is 43.6. The molecule has 0 aliphatic rings. The van der Waals surface area contributed by atoms with E-state index < -0.39 is 61.3 Å². The van der Waals surface area contributed by atoms with Crippen LogP contribution in [0.1, 0.15) is 20.3 Å². The third-order valence-corrected chi connectivity index (χ3v) is 3.99. The van der Waals surface area contributed by atoms with E-state index in [0.717, 1.165) is 5.75 Å². The molecule has 0 unspecified atom stereocenters. The molecule has 0 aliphatic carbocycles. The summed E-state index contributed by atoms with van der Waals surface area (Å²) in [7, 11) is 0. The maximum Gasteiger partial charge on any atom is 0.330 e. The van der Waals surface area contributed by atoms with Crippen molar-refractivity contribution in [2.75, 3.05) is 25.2 Å². The number of hydrogen-bond acceptors (Lipinski definition) is 12. The van der Waals surface area contributed by atoms with Crippen LogP contribution in [0.25, 0.3) is 0 Å². The highest BCUT2D eigenvalue weighted by molar-refractivity contribution is 7.98. The van der Waals surface area contributed by atoms with Crippen LogP contribution < -0.4 is 22.9 Å². The topological polar surface area (TPSA) is 231 Å². The molecule has 0 bridgehead atoms. The number of ether oxygens (including phenoxy) is 2. The highest BCUT2D eigenvalue weighted by Gasteiger charge is 2.24. The van der Waals surface area contributed by atoms with Crippen LogP contribution in [0.3, 0.4) is 0 Å². The molecule has 0 amide bonds. The van der Waals surface area contributed by atoms with Gasteiger partial charge >= 0.3 is 23.9 Å². The van der Waals surface area contributed by atoms with E-state index in [-0.39, 0.29) is 5.92 Å². The van der Waals surface area contributed by atoms with Gasteiger partial charge in [0.25, 0.3) is 0 Å². The Bertz CT molecular complexity index is 535. The van der Waals surface area contributed by atoms with E-state index in [9.17, 15) is 19.2 Å². The minimum Gasteiger partial charge on any atom is -0.480 e. The van der Waals surface area contributed by atoms with Gasteiger partial charge in [-0.05, 0) is 24.3 Å². The van der Waals surface area contributed by atoms with Crippen molar-refractivity contribution in [2.45, 2.75) is 44.4 Å². The molecular weight excluding hydrogens is 408 g/mol. The van der Waals surface area contributed by atoms with Gasteiger partial charge in [0, 0.05) is 0 Å². The molecule has 10 N–H and O–H groups in total. The lowest BCUT2D eigenvalue weighted by molar-refractivity contribution is -0.162. The van der Waals surface area contributed by atoms with Crippen molar-refractivity contribution in [3.63, 3.8) is 0 Å². The molecule has 170 valence electrons. The third kappa shape index (κ3) is 13.9. The van der Waals surface area contributed by atoms with E-state index in [0.29, 0.717) is 6.42 Å². The second-order valence-corrected chi connectivity index (χ2v) is 7.25. The molecule has 12 nitrogen and oxygen atoms in total. The van der Waals surface area contributed by atoms with Gasteiger partial charge in [-0.25, -0.2) is 9.59 Å². The fourth-order valence-corrected chi connectivity index (χ4v) is 1.79. The summed E-state index contributed by atoms with van der Waals surface area (Å²) >= 11 is 1.58. The summed E-state index contributed by atoms with van der Waals surface area (Å²) in [6.07, 6.45) is 2.40. The normalized spacial score (nSPS) is 14.7. The number of thioether (sulfide) groups is 1. The molecule has 29 heavy (non-hydrogen) atoms. The molecule has 0 aliphatic heterocycles. The molecule has 0 saturated heterocycles. The van der Waals surface area contributed by atoms with Gasteiger partial charge in [0.1, 0.15) is 30.8 Å². The molecule has 13 heteroatoms. The molecule has 0 radical (unpaired) electrons. The second kappa shape index (κ2) is 16.1. The number of esters is 3. The first kappa shape index (κ1) is 29.4. The molecular formula is C16H32N4O8S. The van der Waals surface area contributed by atoms with Crippen LogP contribution >= 0.6 is 11.8 Å². The monoisotopic (exact) mass is 440 g/mol. The van der Waals surface area contributed by atoms with Crippen molar-refractivity contribution in [1.82, 2.24) is 0 Å². The zero-order valence-corrected chi connectivity index (χ0v) is 17.6. The lowest BCUT2D eigenvalue weighted by Crippen LogP contribution is -2.42. The second-order valence-electron chi connectivity index (χ2n) is 6.26. The number of aliphatic hydroxyl groups is 1. The minimum atomic E-state index is -1.27. The maximum atomic E-state index is 11.4. The first-order valence-corrected chi connectivity index (χ1v) is 10.0. The summed E-state index contributed by atoms with van der Waals surface area (Å²) < 4.78 is 8.98. The first-order valence-electron chi connectivity index (χ1n) is 8.66. The number of carbonyl (C=O) groups is 4. The molecule has 0 saturated carbocycles. The predicted molar refractivity (Wildman–Crippen MR) is 107 cm³/mol. The SMILES string of the molecule is CSCC[C@H](N)C(=O)OC(=O)[C@@H](N)C(C)C.N[C@@H](COC(=O)[C@@H](N)CO)C(=O)O. The van der Waals surface area contributed by atoms with Crippen molar-refractivity contribution in [2.24, 2.45) is 28.9 Å². The van der Waals surface area contributed by atoms with E-state index in [2.05, 4.69) is 9.47 Å². The summed E-state index contributed by atoms with van der Waals surface area (Å²) in [5.41, 5.74) is 21.2. The maximum absolute atomic E-state index is 11.4. The van der Waals surface area contributed by atoms with Gasteiger partial charge in [0.2, 0.25) is 0 Å². The van der Waals surface area contributed by atoms with E-state index in [1.54, 1.807) is 25.6 Å². The van der Waals surface area contributed by atoms with Crippen LogP contribution in [-0.2, 0) is 28.7 Å². The fraction of sp³-hybridized carbons (Fsp3) is 0.750. The van der Waals surface area contributed by atoms with Crippen LogP contribution in [0.15, 0.2) is 0 Å². The molecule has 0 aromatic rings. The molecule has 0 fully saturated rings. The Balaban J connectivity index is 0. The number of aliphatic carboxylic acids is 1. The minimum absolute atomic E-state index is 0.0669. The Morgan fingerprint density at radius 2 is 1.48 bits per heavy atom. The number of carbonyl (C=O) groups excluding carboxylic acids is 3. The number of hydrogen-bond donors (Lipinski definition) is 6. The van der Waals surface area contributed by atoms with E-state index in [4.69, 9.17) is 33.1 Å². The average molecular weight is 441 g/mol. The fourth-order valence-electron chi connectivity index (χ4n) is 1.30. The van der Waals surface area contributed by atoms with Gasteiger partial charge in [-0.1, -0.05) is 13.8 Å². The molecule has 4 atom stereocenters. The number of carboxylic acids is 1. The molecule has 0 heterocycles. The van der Waals surface area contributed by atoms with Crippen LogP contribution in [-0.4, -0.2) is 83.5 Å². The lowest BCUT2D eigenvalue weighted by Gasteiger charge is -2.15. The number of carboxylic acid groups (broad SMARTS) is 1. The Morgan fingerprint density at radius 3 is 1.90 bits per heavy atom. The summed E-state index contributed by atoms with van der Waals surface area (Å²) in [6.45, 7) is 2.55. The van der Waals surface area contributed by atoms with Crippen molar-refractivity contribution in [3.8, 4) is 0 Å². The van der Waals surface area contributed by atoms with Gasteiger partial charge < -0.3 is 42.6 Å². The number of nitrogens with two attached hydrogens (primary N) is 4. The number of aliphatic hydroxyl groups excluding tert-OH is 1. The zero-order valence-electron chi connectivity index (χ0n) is 16.8. The average Bonchev–Trinajstić information content (AvgIpc) is 2.68. The van der Waals surface area contributed by atoms with Gasteiger partial charge in [-0.2, -0.15) is 11.8 Å². The van der Waals surface area contributed by atoms with Gasteiger partial charge in [-0.15, -0.1) is 0 Å². The highest BCUT2D eigenvalue weighted by Crippen LogP contribution is 2.04. The molecule has 0 spiro atoms. The van der Waals surface area contributed by atoms with Crippen molar-refractivity contribution in [3.05, 3.63) is 0 Å². The Kier molecular flexibility index (Phi) is 16.3. The quantitative estimate of drug-likeness (QED) is 0.143. The highest BCUT2D eigenvalue weighted by atomic mass is 32.2. The molecule has 0 rings (SSSR count). The van der Waals surface area contributed by atoms with Crippen LogP contribution in [0.5, 0.6) is 0 Å².